The zero-order valence-electron chi connectivity index (χ0n) is 24.8. The monoisotopic (exact) mass is 605 g/mol. The summed E-state index contributed by atoms with van der Waals surface area (Å²) in [5.41, 5.74) is 12.4. The lowest BCUT2D eigenvalue weighted by Crippen LogP contribution is -1.95. The molecule has 9 aromatic rings. The summed E-state index contributed by atoms with van der Waals surface area (Å²) in [7, 11) is 0. The molecule has 4 heteroatoms. The van der Waals surface area contributed by atoms with Crippen molar-refractivity contribution in [3.63, 3.8) is 0 Å². The van der Waals surface area contributed by atoms with E-state index in [1.807, 2.05) is 24.4 Å². The summed E-state index contributed by atoms with van der Waals surface area (Å²) in [4.78, 5) is 9.62. The fourth-order valence-electron chi connectivity index (χ4n) is 6.43. The molecule has 0 radical (unpaired) electrons. The molecule has 0 aliphatic heterocycles. The number of nitrogens with zero attached hydrogens (tertiary/aromatic N) is 3. The van der Waals surface area contributed by atoms with Gasteiger partial charge in [-0.15, -0.1) is 11.3 Å². The van der Waals surface area contributed by atoms with Crippen molar-refractivity contribution in [2.75, 3.05) is 0 Å². The lowest BCUT2D eigenvalue weighted by atomic mass is 9.99. The standard InChI is InChI=1S/C42H27N3S/c1-2-9-28(10-3-1)29-16-18-30(19-17-29)31-20-22-35-36-23-21-33(42-44-38-14-4-5-15-41(38)46-42)27-40(36)45(39(35)26-31)34-12-8-11-32(25-34)37-13-6-7-24-43-37/h1-27H. The van der Waals surface area contributed by atoms with Gasteiger partial charge in [-0.3, -0.25) is 4.98 Å². The first-order valence-corrected chi connectivity index (χ1v) is 16.2. The third kappa shape index (κ3) is 4.59. The molecular formula is C42H27N3S. The lowest BCUT2D eigenvalue weighted by molar-refractivity contribution is 1.18. The molecule has 6 aromatic carbocycles. The third-order valence-corrected chi connectivity index (χ3v) is 9.78. The van der Waals surface area contributed by atoms with Crippen LogP contribution >= 0.6 is 11.3 Å². The summed E-state index contributed by atoms with van der Waals surface area (Å²) in [6.45, 7) is 0. The van der Waals surface area contributed by atoms with E-state index in [9.17, 15) is 0 Å². The van der Waals surface area contributed by atoms with Gasteiger partial charge in [-0.2, -0.15) is 0 Å². The predicted octanol–water partition coefficient (Wildman–Crippen LogP) is 11.5. The first-order chi connectivity index (χ1) is 22.8. The second-order valence-electron chi connectivity index (χ2n) is 11.5. The number of hydrogen-bond donors (Lipinski definition) is 0. The Morgan fingerprint density at radius 1 is 0.457 bits per heavy atom. The maximum Gasteiger partial charge on any atom is 0.124 e. The van der Waals surface area contributed by atoms with E-state index in [0.29, 0.717) is 0 Å². The topological polar surface area (TPSA) is 30.7 Å². The minimum absolute atomic E-state index is 0.958. The van der Waals surface area contributed by atoms with Crippen molar-refractivity contribution in [1.29, 1.82) is 0 Å². The minimum Gasteiger partial charge on any atom is -0.309 e. The summed E-state index contributed by atoms with van der Waals surface area (Å²) in [5.74, 6) is 0. The van der Waals surface area contributed by atoms with Crippen LogP contribution in [0.3, 0.4) is 0 Å². The molecule has 3 nitrogen and oxygen atoms in total. The SMILES string of the molecule is c1ccc(-c2ccc(-c3ccc4c5ccc(-c6nc7ccccc7s6)cc5n(-c5cccc(-c6ccccn6)c5)c4c3)cc2)cc1. The molecule has 46 heavy (non-hydrogen) atoms. The maximum absolute atomic E-state index is 4.98. The Labute approximate surface area is 270 Å². The van der Waals surface area contributed by atoms with Crippen molar-refractivity contribution in [3.8, 4) is 49.8 Å². The Kier molecular flexibility index (Phi) is 6.32. The zero-order chi connectivity index (χ0) is 30.5. The Bertz CT molecular complexity index is 2480. The summed E-state index contributed by atoms with van der Waals surface area (Å²) >= 11 is 1.74. The van der Waals surface area contributed by atoms with Gasteiger partial charge in [0.2, 0.25) is 0 Å². The number of pyridine rings is 1. The number of fused-ring (bicyclic) bond motifs is 4. The normalized spacial score (nSPS) is 11.5. The van der Waals surface area contributed by atoms with Crippen LogP contribution in [0.25, 0.3) is 81.8 Å². The molecule has 0 atom stereocenters. The molecule has 0 aliphatic carbocycles. The van der Waals surface area contributed by atoms with Gasteiger partial charge in [-0.1, -0.05) is 109 Å². The molecule has 0 spiro atoms. The van der Waals surface area contributed by atoms with Gasteiger partial charge in [0.15, 0.2) is 0 Å². The van der Waals surface area contributed by atoms with Crippen molar-refractivity contribution in [2.24, 2.45) is 0 Å². The fraction of sp³-hybridized carbons (Fsp3) is 0. The molecular weight excluding hydrogens is 579 g/mol. The number of hydrogen-bond acceptors (Lipinski definition) is 3. The smallest absolute Gasteiger partial charge is 0.124 e. The molecule has 0 N–H and O–H groups in total. The number of rotatable bonds is 5. The van der Waals surface area contributed by atoms with Crippen LogP contribution in [0.2, 0.25) is 0 Å². The van der Waals surface area contributed by atoms with Gasteiger partial charge in [0.05, 0.1) is 26.9 Å². The van der Waals surface area contributed by atoms with Gasteiger partial charge in [-0.05, 0) is 70.8 Å². The third-order valence-electron chi connectivity index (χ3n) is 8.70. The first kappa shape index (κ1) is 26.6. The number of thiazole rings is 1. The van der Waals surface area contributed by atoms with E-state index in [-0.39, 0.29) is 0 Å². The van der Waals surface area contributed by atoms with Crippen molar-refractivity contribution in [1.82, 2.24) is 14.5 Å². The van der Waals surface area contributed by atoms with E-state index in [1.165, 1.54) is 43.2 Å². The van der Waals surface area contributed by atoms with Crippen molar-refractivity contribution in [3.05, 3.63) is 164 Å². The average molecular weight is 606 g/mol. The average Bonchev–Trinajstić information content (AvgIpc) is 3.71. The van der Waals surface area contributed by atoms with Crippen LogP contribution in [0.5, 0.6) is 0 Å². The van der Waals surface area contributed by atoms with E-state index in [0.717, 1.165) is 38.5 Å². The molecule has 0 unspecified atom stereocenters. The molecule has 0 amide bonds. The van der Waals surface area contributed by atoms with Crippen LogP contribution in [-0.4, -0.2) is 14.5 Å². The van der Waals surface area contributed by atoms with Gasteiger partial charge in [0.1, 0.15) is 5.01 Å². The highest BCUT2D eigenvalue weighted by Crippen LogP contribution is 2.39. The van der Waals surface area contributed by atoms with Crippen LogP contribution in [-0.2, 0) is 0 Å². The summed E-state index contributed by atoms with van der Waals surface area (Å²) in [6.07, 6.45) is 1.85. The Morgan fingerprint density at radius 3 is 1.85 bits per heavy atom. The molecule has 216 valence electrons. The first-order valence-electron chi connectivity index (χ1n) is 15.4. The molecule has 3 heterocycles. The van der Waals surface area contributed by atoms with Crippen molar-refractivity contribution in [2.45, 2.75) is 0 Å². The lowest BCUT2D eigenvalue weighted by Gasteiger charge is -2.11. The largest absolute Gasteiger partial charge is 0.309 e. The summed E-state index contributed by atoms with van der Waals surface area (Å²) in [5, 5.41) is 3.47. The van der Waals surface area contributed by atoms with Gasteiger partial charge in [-0.25, -0.2) is 4.98 Å². The molecule has 9 rings (SSSR count). The highest BCUT2D eigenvalue weighted by atomic mass is 32.1. The van der Waals surface area contributed by atoms with E-state index in [4.69, 9.17) is 4.98 Å². The van der Waals surface area contributed by atoms with Crippen LogP contribution < -0.4 is 0 Å². The maximum atomic E-state index is 4.98. The Hall–Kier alpha value is -5.84. The van der Waals surface area contributed by atoms with Gasteiger partial charge in [0.25, 0.3) is 0 Å². The van der Waals surface area contributed by atoms with Crippen molar-refractivity contribution >= 4 is 43.4 Å². The zero-order valence-corrected chi connectivity index (χ0v) is 25.7. The molecule has 0 bridgehead atoms. The highest BCUT2D eigenvalue weighted by Gasteiger charge is 2.17. The molecule has 0 aliphatic rings. The van der Waals surface area contributed by atoms with Crippen LogP contribution in [0, 0.1) is 0 Å². The van der Waals surface area contributed by atoms with E-state index < -0.39 is 0 Å². The van der Waals surface area contributed by atoms with Crippen LogP contribution in [0.1, 0.15) is 0 Å². The van der Waals surface area contributed by atoms with Crippen LogP contribution in [0.4, 0.5) is 0 Å². The van der Waals surface area contributed by atoms with Gasteiger partial charge in [0, 0.05) is 33.8 Å². The molecule has 0 saturated heterocycles. The van der Waals surface area contributed by atoms with Crippen molar-refractivity contribution < 1.29 is 0 Å². The minimum atomic E-state index is 0.958. The second-order valence-corrected chi connectivity index (χ2v) is 12.5. The Balaban J connectivity index is 1.24. The van der Waals surface area contributed by atoms with E-state index >= 15 is 0 Å². The second kappa shape index (κ2) is 11.0. The van der Waals surface area contributed by atoms with Gasteiger partial charge >= 0.3 is 0 Å². The molecule has 0 fully saturated rings. The molecule has 3 aromatic heterocycles. The number of aromatic nitrogens is 3. The van der Waals surface area contributed by atoms with E-state index in [2.05, 4.69) is 149 Å². The molecule has 0 saturated carbocycles. The fourth-order valence-corrected chi connectivity index (χ4v) is 7.39. The van der Waals surface area contributed by atoms with Gasteiger partial charge < -0.3 is 4.57 Å². The summed E-state index contributed by atoms with van der Waals surface area (Å²) in [6, 6.07) is 56.1. The summed E-state index contributed by atoms with van der Waals surface area (Å²) < 4.78 is 3.60. The quantitative estimate of drug-likeness (QED) is 0.195. The van der Waals surface area contributed by atoms with E-state index in [1.54, 1.807) is 11.3 Å². The number of benzene rings is 6. The van der Waals surface area contributed by atoms with Crippen LogP contribution in [0.15, 0.2) is 164 Å². The highest BCUT2D eigenvalue weighted by molar-refractivity contribution is 7.21. The Morgan fingerprint density at radius 2 is 1.09 bits per heavy atom. The predicted molar refractivity (Wildman–Crippen MR) is 193 cm³/mol. The number of para-hydroxylation sites is 1.